The molecule has 0 aromatic carbocycles. The normalized spacial score (nSPS) is 40.5. The zero-order valence-corrected chi connectivity index (χ0v) is 6.60. The molecule has 3 rings (SSSR count). The van der Waals surface area contributed by atoms with E-state index >= 15 is 0 Å². The van der Waals surface area contributed by atoms with E-state index in [-0.39, 0.29) is 0 Å². The number of carbonyl (C=O) groups is 1. The largest absolute Gasteiger partial charge is 0.299 e. The van der Waals surface area contributed by atoms with Gasteiger partial charge in [0.25, 0.3) is 0 Å². The number of hydrogen-bond donors (Lipinski definition) is 0. The van der Waals surface area contributed by atoms with E-state index in [9.17, 15) is 4.79 Å². The van der Waals surface area contributed by atoms with Crippen molar-refractivity contribution in [3.8, 4) is 0 Å². The van der Waals surface area contributed by atoms with E-state index in [1.54, 1.807) is 5.57 Å². The number of rotatable bonds is 0. The summed E-state index contributed by atoms with van der Waals surface area (Å²) in [5.74, 6) is 1.70. The first-order valence-corrected chi connectivity index (χ1v) is 4.60. The van der Waals surface area contributed by atoms with E-state index in [2.05, 4.69) is 0 Å². The van der Waals surface area contributed by atoms with E-state index in [0.29, 0.717) is 17.6 Å². The Labute approximate surface area is 66.5 Å². The van der Waals surface area contributed by atoms with Gasteiger partial charge in [-0.15, -0.1) is 0 Å². The molecule has 2 unspecified atom stereocenters. The summed E-state index contributed by atoms with van der Waals surface area (Å²) >= 11 is 0. The fraction of sp³-hybridized carbons (Fsp3) is 0.700. The summed E-state index contributed by atoms with van der Waals surface area (Å²) in [4.78, 5) is 11.3. The lowest BCUT2D eigenvalue weighted by Crippen LogP contribution is -2.17. The van der Waals surface area contributed by atoms with Crippen molar-refractivity contribution in [1.82, 2.24) is 0 Å². The van der Waals surface area contributed by atoms with Gasteiger partial charge in [-0.05, 0) is 31.6 Å². The van der Waals surface area contributed by atoms with E-state index in [4.69, 9.17) is 0 Å². The molecule has 2 bridgehead atoms. The molecule has 2 atom stereocenters. The summed E-state index contributed by atoms with van der Waals surface area (Å²) in [6.45, 7) is 0. The molecule has 3 aliphatic carbocycles. The van der Waals surface area contributed by atoms with Gasteiger partial charge in [0.15, 0.2) is 0 Å². The van der Waals surface area contributed by atoms with Crippen LogP contribution < -0.4 is 0 Å². The molecule has 0 heterocycles. The highest BCUT2D eigenvalue weighted by molar-refractivity contribution is 5.89. The molecule has 1 heteroatoms. The van der Waals surface area contributed by atoms with Gasteiger partial charge in [0, 0.05) is 12.3 Å². The Morgan fingerprint density at radius 2 is 2.18 bits per heavy atom. The zero-order valence-electron chi connectivity index (χ0n) is 6.60. The molecular weight excluding hydrogens is 136 g/mol. The van der Waals surface area contributed by atoms with Crippen LogP contribution in [-0.2, 0) is 4.79 Å². The third-order valence-electron chi connectivity index (χ3n) is 3.62. The lowest BCUT2D eigenvalue weighted by atomic mass is 9.88. The van der Waals surface area contributed by atoms with Gasteiger partial charge in [0.2, 0.25) is 0 Å². The van der Waals surface area contributed by atoms with E-state index in [1.165, 1.54) is 24.8 Å². The van der Waals surface area contributed by atoms with Crippen molar-refractivity contribution in [1.29, 1.82) is 0 Å². The molecule has 0 N–H and O–H groups in total. The Balaban J connectivity index is 2.11. The zero-order chi connectivity index (χ0) is 7.42. The summed E-state index contributed by atoms with van der Waals surface area (Å²) in [6.07, 6.45) is 5.90. The lowest BCUT2D eigenvalue weighted by molar-refractivity contribution is -0.121. The molecule has 0 aliphatic heterocycles. The summed E-state index contributed by atoms with van der Waals surface area (Å²) in [7, 11) is 0. The Hall–Kier alpha value is -0.590. The molecule has 58 valence electrons. The third kappa shape index (κ3) is 0.597. The van der Waals surface area contributed by atoms with Crippen LogP contribution in [0.1, 0.15) is 32.1 Å². The maximum atomic E-state index is 11.3. The molecule has 0 amide bonds. The highest BCUT2D eigenvalue weighted by Crippen LogP contribution is 2.53. The molecule has 0 saturated heterocycles. The first-order chi connectivity index (χ1) is 5.36. The van der Waals surface area contributed by atoms with Crippen LogP contribution in [0, 0.1) is 11.8 Å². The predicted octanol–water partition coefficient (Wildman–Crippen LogP) is 2.08. The van der Waals surface area contributed by atoms with Gasteiger partial charge >= 0.3 is 0 Å². The maximum absolute atomic E-state index is 11.3. The molecule has 2 saturated carbocycles. The monoisotopic (exact) mass is 148 g/mol. The number of fused-ring (bicyclic) bond motifs is 4. The topological polar surface area (TPSA) is 17.1 Å². The van der Waals surface area contributed by atoms with Gasteiger partial charge in [-0.2, -0.15) is 0 Å². The van der Waals surface area contributed by atoms with Crippen LogP contribution in [0.4, 0.5) is 0 Å². The van der Waals surface area contributed by atoms with Crippen LogP contribution in [0.15, 0.2) is 11.1 Å². The predicted molar refractivity (Wildman–Crippen MR) is 42.1 cm³/mol. The van der Waals surface area contributed by atoms with E-state index in [0.717, 1.165) is 12.8 Å². The molecule has 3 aliphatic rings. The second kappa shape index (κ2) is 1.77. The molecule has 0 spiro atoms. The number of carbonyl (C=O) groups excluding carboxylic acids is 1. The second-order valence-electron chi connectivity index (χ2n) is 4.08. The number of hydrogen-bond acceptors (Lipinski definition) is 1. The third-order valence-corrected chi connectivity index (χ3v) is 3.62. The highest BCUT2D eigenvalue weighted by atomic mass is 16.1. The fourth-order valence-electron chi connectivity index (χ4n) is 3.16. The van der Waals surface area contributed by atoms with Gasteiger partial charge in [0.05, 0.1) is 0 Å². The summed E-state index contributed by atoms with van der Waals surface area (Å²) in [5, 5.41) is 0. The SMILES string of the molecule is O=C1CC2=C3CCCC3C1C2. The Morgan fingerprint density at radius 3 is 3.09 bits per heavy atom. The molecule has 1 nitrogen and oxygen atoms in total. The first kappa shape index (κ1) is 5.99. The van der Waals surface area contributed by atoms with Crippen LogP contribution in [0.5, 0.6) is 0 Å². The molecule has 0 aromatic heterocycles. The highest BCUT2D eigenvalue weighted by Gasteiger charge is 2.45. The van der Waals surface area contributed by atoms with Crippen LogP contribution >= 0.6 is 0 Å². The Kier molecular flexibility index (Phi) is 0.961. The van der Waals surface area contributed by atoms with Gasteiger partial charge in [0.1, 0.15) is 5.78 Å². The molecule has 0 aromatic rings. The summed E-state index contributed by atoms with van der Waals surface area (Å²) in [6, 6.07) is 0. The van der Waals surface area contributed by atoms with Crippen LogP contribution in [0.25, 0.3) is 0 Å². The van der Waals surface area contributed by atoms with Crippen LogP contribution in [0.2, 0.25) is 0 Å². The maximum Gasteiger partial charge on any atom is 0.140 e. The summed E-state index contributed by atoms with van der Waals surface area (Å²) < 4.78 is 0. The van der Waals surface area contributed by atoms with Gasteiger partial charge in [-0.3, -0.25) is 4.79 Å². The minimum absolute atomic E-state index is 0.447. The van der Waals surface area contributed by atoms with Crippen molar-refractivity contribution in [2.45, 2.75) is 32.1 Å². The van der Waals surface area contributed by atoms with Gasteiger partial charge in [-0.1, -0.05) is 11.1 Å². The smallest absolute Gasteiger partial charge is 0.140 e. The average Bonchev–Trinajstić information content (AvgIpc) is 2.52. The standard InChI is InChI=1S/C10H12O/c11-10-5-6-4-9(10)8-3-1-2-7(6)8/h8-9H,1-5H2. The fourth-order valence-corrected chi connectivity index (χ4v) is 3.16. The number of Topliss-reactive ketones (excluding diaryl/α,β-unsaturated/α-hetero) is 1. The molecule has 11 heavy (non-hydrogen) atoms. The van der Waals surface area contributed by atoms with Gasteiger partial charge in [-0.25, -0.2) is 0 Å². The Bertz CT molecular complexity index is 262. The average molecular weight is 148 g/mol. The van der Waals surface area contributed by atoms with Crippen LogP contribution in [-0.4, -0.2) is 5.78 Å². The molecular formula is C10H12O. The van der Waals surface area contributed by atoms with E-state index in [1.807, 2.05) is 0 Å². The van der Waals surface area contributed by atoms with Crippen molar-refractivity contribution < 1.29 is 4.79 Å². The van der Waals surface area contributed by atoms with Crippen molar-refractivity contribution in [3.63, 3.8) is 0 Å². The minimum atomic E-state index is 0.447. The molecule has 0 radical (unpaired) electrons. The summed E-state index contributed by atoms with van der Waals surface area (Å²) in [5.41, 5.74) is 3.22. The van der Waals surface area contributed by atoms with E-state index < -0.39 is 0 Å². The first-order valence-electron chi connectivity index (χ1n) is 4.60. The number of ketones is 1. The number of allylic oxidation sites excluding steroid dienone is 2. The van der Waals surface area contributed by atoms with Crippen LogP contribution in [0.3, 0.4) is 0 Å². The quantitative estimate of drug-likeness (QED) is 0.481. The van der Waals surface area contributed by atoms with Crippen molar-refractivity contribution in [2.24, 2.45) is 11.8 Å². The van der Waals surface area contributed by atoms with Crippen molar-refractivity contribution in [2.75, 3.05) is 0 Å². The molecule has 2 fully saturated rings. The Morgan fingerprint density at radius 1 is 1.27 bits per heavy atom. The lowest BCUT2D eigenvalue weighted by Gasteiger charge is -2.15. The van der Waals surface area contributed by atoms with Crippen molar-refractivity contribution in [3.05, 3.63) is 11.1 Å². The van der Waals surface area contributed by atoms with Gasteiger partial charge < -0.3 is 0 Å². The minimum Gasteiger partial charge on any atom is -0.299 e. The van der Waals surface area contributed by atoms with Crippen molar-refractivity contribution >= 4 is 5.78 Å². The second-order valence-corrected chi connectivity index (χ2v) is 4.08.